The lowest BCUT2D eigenvalue weighted by molar-refractivity contribution is -0.136. The molecule has 3 aromatic rings. The quantitative estimate of drug-likeness (QED) is 0.157. The predicted octanol–water partition coefficient (Wildman–Crippen LogP) is 4.36. The fourth-order valence-electron chi connectivity index (χ4n) is 3.34. The molecular weight excluding hydrogens is 584 g/mol. The maximum atomic E-state index is 12.4. The second kappa shape index (κ2) is 15.1. The summed E-state index contributed by atoms with van der Waals surface area (Å²) in [5.41, 5.74) is 3.67. The van der Waals surface area contributed by atoms with Gasteiger partial charge in [-0.25, -0.2) is 5.43 Å². The minimum atomic E-state index is -0.966. The van der Waals surface area contributed by atoms with Crippen molar-refractivity contribution in [3.63, 3.8) is 0 Å². The van der Waals surface area contributed by atoms with Crippen LogP contribution in [0.5, 0.6) is 23.0 Å². The van der Waals surface area contributed by atoms with Crippen molar-refractivity contribution in [3.8, 4) is 23.0 Å². The van der Waals surface area contributed by atoms with Crippen LogP contribution in [0.3, 0.4) is 0 Å². The standard InChI is InChI=1S/C28H29BrN4O7/c1-4-38-20-12-10-19(11-13-20)31-25(34)17-40-26-21(29)14-18(15-24(26)37-3)16-30-33-28(36)27(35)32-22-8-6-7-9-23(22)39-5-2/h6-16H,4-5,17H2,1-3H3,(H,31,34)(H,32,35)(H,33,36)/b30-16-. The summed E-state index contributed by atoms with van der Waals surface area (Å²) in [6, 6.07) is 17.0. The normalized spacial score (nSPS) is 10.5. The summed E-state index contributed by atoms with van der Waals surface area (Å²) in [4.78, 5) is 36.8. The molecule has 0 aliphatic heterocycles. The van der Waals surface area contributed by atoms with Crippen LogP contribution in [-0.2, 0) is 14.4 Å². The van der Waals surface area contributed by atoms with E-state index in [1.54, 1.807) is 60.7 Å². The van der Waals surface area contributed by atoms with Crippen molar-refractivity contribution in [3.05, 3.63) is 70.7 Å². The second-order valence-corrected chi connectivity index (χ2v) is 8.77. The smallest absolute Gasteiger partial charge is 0.329 e. The molecule has 0 bridgehead atoms. The first-order chi connectivity index (χ1) is 19.3. The van der Waals surface area contributed by atoms with Gasteiger partial charge < -0.3 is 29.6 Å². The fourth-order valence-corrected chi connectivity index (χ4v) is 3.91. The van der Waals surface area contributed by atoms with Crippen LogP contribution in [0, 0.1) is 0 Å². The molecule has 40 heavy (non-hydrogen) atoms. The number of amides is 3. The molecule has 0 aliphatic rings. The minimum Gasteiger partial charge on any atom is -0.494 e. The number of nitrogens with one attached hydrogen (secondary N) is 3. The zero-order valence-corrected chi connectivity index (χ0v) is 23.7. The summed E-state index contributed by atoms with van der Waals surface area (Å²) in [5.74, 6) is -0.460. The molecule has 3 rings (SSSR count). The first-order valence-corrected chi connectivity index (χ1v) is 13.0. The maximum Gasteiger partial charge on any atom is 0.329 e. The Kier molecular flexibility index (Phi) is 11.3. The van der Waals surface area contributed by atoms with Crippen LogP contribution in [0.4, 0.5) is 11.4 Å². The number of anilines is 2. The average molecular weight is 613 g/mol. The van der Waals surface area contributed by atoms with E-state index in [2.05, 4.69) is 37.1 Å². The Labute approximate surface area is 240 Å². The molecule has 0 aromatic heterocycles. The van der Waals surface area contributed by atoms with E-state index in [9.17, 15) is 14.4 Å². The molecular formula is C28H29BrN4O7. The summed E-state index contributed by atoms with van der Waals surface area (Å²) in [6.45, 7) is 4.39. The van der Waals surface area contributed by atoms with Gasteiger partial charge >= 0.3 is 11.8 Å². The third-order valence-electron chi connectivity index (χ3n) is 5.07. The number of methoxy groups -OCH3 is 1. The minimum absolute atomic E-state index is 0.271. The number of benzene rings is 3. The third kappa shape index (κ3) is 8.73. The molecule has 0 saturated carbocycles. The number of ether oxygens (including phenoxy) is 4. The fraction of sp³-hybridized carbons (Fsp3) is 0.214. The highest BCUT2D eigenvalue weighted by atomic mass is 79.9. The lowest BCUT2D eigenvalue weighted by Gasteiger charge is -2.13. The molecule has 0 radical (unpaired) electrons. The van der Waals surface area contributed by atoms with Crippen molar-refractivity contribution in [2.45, 2.75) is 13.8 Å². The van der Waals surface area contributed by atoms with Gasteiger partial charge in [0.1, 0.15) is 11.5 Å². The monoisotopic (exact) mass is 612 g/mol. The van der Waals surface area contributed by atoms with Gasteiger partial charge in [0.25, 0.3) is 5.91 Å². The number of carbonyl (C=O) groups excluding carboxylic acids is 3. The van der Waals surface area contributed by atoms with Crippen LogP contribution in [0.1, 0.15) is 19.4 Å². The average Bonchev–Trinajstić information content (AvgIpc) is 2.94. The molecule has 0 spiro atoms. The Bertz CT molecular complexity index is 1360. The number of hydrazone groups is 1. The Hall–Kier alpha value is -4.58. The van der Waals surface area contributed by atoms with Crippen LogP contribution in [0.25, 0.3) is 0 Å². The largest absolute Gasteiger partial charge is 0.494 e. The van der Waals surface area contributed by atoms with Gasteiger partial charge in [0, 0.05) is 5.69 Å². The molecule has 0 atom stereocenters. The lowest BCUT2D eigenvalue weighted by Crippen LogP contribution is -2.32. The second-order valence-electron chi connectivity index (χ2n) is 7.91. The third-order valence-corrected chi connectivity index (χ3v) is 5.66. The lowest BCUT2D eigenvalue weighted by atomic mass is 10.2. The molecule has 210 valence electrons. The molecule has 11 nitrogen and oxygen atoms in total. The van der Waals surface area contributed by atoms with Gasteiger partial charge in [0.05, 0.1) is 36.7 Å². The van der Waals surface area contributed by atoms with Crippen LogP contribution >= 0.6 is 15.9 Å². The summed E-state index contributed by atoms with van der Waals surface area (Å²) in [6.07, 6.45) is 1.33. The zero-order chi connectivity index (χ0) is 28.9. The van der Waals surface area contributed by atoms with Gasteiger partial charge in [-0.15, -0.1) is 0 Å². The van der Waals surface area contributed by atoms with E-state index in [1.807, 2.05) is 13.8 Å². The summed E-state index contributed by atoms with van der Waals surface area (Å²) >= 11 is 3.40. The predicted molar refractivity (Wildman–Crippen MR) is 154 cm³/mol. The molecule has 0 fully saturated rings. The molecule has 0 heterocycles. The SMILES string of the molecule is CCOc1ccc(NC(=O)COc2c(Br)cc(/C=N\NC(=O)C(=O)Nc3ccccc3OCC)cc2OC)cc1. The number of rotatable bonds is 12. The number of nitrogens with zero attached hydrogens (tertiary/aromatic N) is 1. The van der Waals surface area contributed by atoms with Crippen molar-refractivity contribution in [2.24, 2.45) is 5.10 Å². The zero-order valence-electron chi connectivity index (χ0n) is 22.2. The highest BCUT2D eigenvalue weighted by Crippen LogP contribution is 2.36. The van der Waals surface area contributed by atoms with Gasteiger partial charge in [-0.3, -0.25) is 14.4 Å². The Morgan fingerprint density at radius 3 is 2.30 bits per heavy atom. The van der Waals surface area contributed by atoms with Crippen molar-refractivity contribution in [2.75, 3.05) is 37.6 Å². The molecule has 0 aliphatic carbocycles. The summed E-state index contributed by atoms with van der Waals surface area (Å²) < 4.78 is 22.4. The summed E-state index contributed by atoms with van der Waals surface area (Å²) in [7, 11) is 1.45. The topological polar surface area (TPSA) is 137 Å². The van der Waals surface area contributed by atoms with E-state index in [-0.39, 0.29) is 12.5 Å². The van der Waals surface area contributed by atoms with E-state index in [0.717, 1.165) is 0 Å². The van der Waals surface area contributed by atoms with Gasteiger partial charge in [-0.2, -0.15) is 5.10 Å². The highest BCUT2D eigenvalue weighted by Gasteiger charge is 2.16. The molecule has 3 N–H and O–H groups in total. The Balaban J connectivity index is 1.56. The highest BCUT2D eigenvalue weighted by molar-refractivity contribution is 9.10. The molecule has 3 amide bonds. The van der Waals surface area contributed by atoms with Crippen LogP contribution in [0.15, 0.2) is 70.2 Å². The van der Waals surface area contributed by atoms with E-state index in [0.29, 0.717) is 57.6 Å². The molecule has 12 heteroatoms. The number of hydrogen-bond donors (Lipinski definition) is 3. The van der Waals surface area contributed by atoms with E-state index >= 15 is 0 Å². The van der Waals surface area contributed by atoms with Crippen LogP contribution < -0.4 is 35.0 Å². The van der Waals surface area contributed by atoms with E-state index in [1.165, 1.54) is 13.3 Å². The number of halogens is 1. The van der Waals surface area contributed by atoms with Crippen molar-refractivity contribution < 1.29 is 33.3 Å². The van der Waals surface area contributed by atoms with Gasteiger partial charge in [-0.05, 0) is 83.9 Å². The molecule has 0 saturated heterocycles. The number of para-hydroxylation sites is 2. The number of carbonyl (C=O) groups is 3. The van der Waals surface area contributed by atoms with Gasteiger partial charge in [0.2, 0.25) is 0 Å². The van der Waals surface area contributed by atoms with Crippen molar-refractivity contribution >= 4 is 51.2 Å². The Morgan fingerprint density at radius 1 is 0.875 bits per heavy atom. The Morgan fingerprint density at radius 2 is 1.60 bits per heavy atom. The van der Waals surface area contributed by atoms with Gasteiger partial charge in [-0.1, -0.05) is 12.1 Å². The van der Waals surface area contributed by atoms with Gasteiger partial charge in [0.15, 0.2) is 18.1 Å². The first-order valence-electron chi connectivity index (χ1n) is 12.2. The van der Waals surface area contributed by atoms with Crippen molar-refractivity contribution in [1.82, 2.24) is 5.43 Å². The molecule has 3 aromatic carbocycles. The molecule has 0 unspecified atom stereocenters. The summed E-state index contributed by atoms with van der Waals surface area (Å²) in [5, 5.41) is 9.08. The van der Waals surface area contributed by atoms with Crippen molar-refractivity contribution in [1.29, 1.82) is 0 Å². The van der Waals surface area contributed by atoms with Crippen LogP contribution in [-0.4, -0.2) is 50.9 Å². The number of hydrogen-bond acceptors (Lipinski definition) is 8. The van der Waals surface area contributed by atoms with E-state index < -0.39 is 11.8 Å². The first kappa shape index (κ1) is 30.0. The van der Waals surface area contributed by atoms with Crippen LogP contribution in [0.2, 0.25) is 0 Å². The maximum absolute atomic E-state index is 12.4. The van der Waals surface area contributed by atoms with E-state index in [4.69, 9.17) is 18.9 Å².